The number of carboxylic acids is 1. The number of hydrogen-bond donors (Lipinski definition) is 2. The molecule has 0 aromatic carbocycles. The van der Waals surface area contributed by atoms with Crippen LogP contribution in [-0.4, -0.2) is 45.5 Å². The molecule has 2 amide bonds. The molecule has 1 saturated heterocycles. The summed E-state index contributed by atoms with van der Waals surface area (Å²) in [5, 5.41) is 13.6. The van der Waals surface area contributed by atoms with Gasteiger partial charge in [-0.15, -0.1) is 23.1 Å². The first-order valence-corrected chi connectivity index (χ1v) is 8.43. The van der Waals surface area contributed by atoms with Crippen molar-refractivity contribution in [2.45, 2.75) is 25.4 Å². The Bertz CT molecular complexity index is 532. The lowest BCUT2D eigenvalue weighted by Gasteiger charge is -2.24. The number of aliphatic carboxylic acids is 1. The summed E-state index contributed by atoms with van der Waals surface area (Å²) in [6.45, 7) is 1.43. The van der Waals surface area contributed by atoms with Crippen LogP contribution in [0.5, 0.6) is 0 Å². The lowest BCUT2D eigenvalue weighted by Crippen LogP contribution is -2.47. The van der Waals surface area contributed by atoms with Crippen LogP contribution in [0.3, 0.4) is 0 Å². The van der Waals surface area contributed by atoms with E-state index in [9.17, 15) is 14.4 Å². The largest absolute Gasteiger partial charge is 0.481 e. The van der Waals surface area contributed by atoms with E-state index in [0.29, 0.717) is 11.6 Å². The van der Waals surface area contributed by atoms with Crippen LogP contribution in [0.25, 0.3) is 0 Å². The first-order valence-electron chi connectivity index (χ1n) is 6.39. The number of thioether (sulfide) groups is 1. The second kappa shape index (κ2) is 6.95. The summed E-state index contributed by atoms with van der Waals surface area (Å²) in [7, 11) is 0. The average Bonchev–Trinajstić information content (AvgIpc) is 3.08. The molecule has 1 aliphatic heterocycles. The molecular weight excluding hydrogens is 312 g/mol. The van der Waals surface area contributed by atoms with Crippen LogP contribution in [0.4, 0.5) is 0 Å². The molecule has 1 fully saturated rings. The molecule has 114 valence electrons. The van der Waals surface area contributed by atoms with Crippen LogP contribution >= 0.6 is 23.1 Å². The molecule has 0 spiro atoms. The summed E-state index contributed by atoms with van der Waals surface area (Å²) in [6, 6.07) is 2.53. The molecular formula is C13H16N2O4S2. The van der Waals surface area contributed by atoms with E-state index in [1.165, 1.54) is 34.9 Å². The van der Waals surface area contributed by atoms with Gasteiger partial charge in [0.2, 0.25) is 11.8 Å². The van der Waals surface area contributed by atoms with Crippen LogP contribution in [0, 0.1) is 0 Å². The normalized spacial score (nSPS) is 19.3. The molecule has 8 heteroatoms. The maximum atomic E-state index is 12.3. The van der Waals surface area contributed by atoms with E-state index in [-0.39, 0.29) is 18.2 Å². The Morgan fingerprint density at radius 3 is 2.86 bits per heavy atom. The maximum Gasteiger partial charge on any atom is 0.305 e. The van der Waals surface area contributed by atoms with E-state index < -0.39 is 18.1 Å². The molecule has 2 rings (SSSR count). The topological polar surface area (TPSA) is 86.7 Å². The van der Waals surface area contributed by atoms with Gasteiger partial charge < -0.3 is 15.3 Å². The fourth-order valence-corrected chi connectivity index (χ4v) is 4.12. The van der Waals surface area contributed by atoms with Gasteiger partial charge in [0.15, 0.2) is 0 Å². The maximum absolute atomic E-state index is 12.3. The molecule has 6 nitrogen and oxygen atoms in total. The monoisotopic (exact) mass is 328 g/mol. The third-order valence-electron chi connectivity index (χ3n) is 3.17. The highest BCUT2D eigenvalue weighted by Crippen LogP contribution is 2.25. The van der Waals surface area contributed by atoms with E-state index in [0.717, 1.165) is 4.88 Å². The number of nitrogens with one attached hydrogen (secondary N) is 1. The number of nitrogens with zero attached hydrogens (tertiary/aromatic N) is 1. The Morgan fingerprint density at radius 1 is 1.52 bits per heavy atom. The number of amides is 2. The van der Waals surface area contributed by atoms with Crippen LogP contribution in [-0.2, 0) is 14.4 Å². The number of carbonyl (C=O) groups is 3. The van der Waals surface area contributed by atoms with Gasteiger partial charge >= 0.3 is 5.97 Å². The first-order chi connectivity index (χ1) is 9.99. The second-order valence-electron chi connectivity index (χ2n) is 4.68. The molecule has 0 radical (unpaired) electrons. The van der Waals surface area contributed by atoms with Crippen molar-refractivity contribution in [3.05, 3.63) is 22.4 Å². The van der Waals surface area contributed by atoms with E-state index >= 15 is 0 Å². The number of hydrogen-bond acceptors (Lipinski definition) is 5. The van der Waals surface area contributed by atoms with Gasteiger partial charge in [-0.1, -0.05) is 6.07 Å². The molecule has 2 atom stereocenters. The molecule has 0 saturated carbocycles. The van der Waals surface area contributed by atoms with Gasteiger partial charge in [-0.05, 0) is 11.4 Å². The van der Waals surface area contributed by atoms with Gasteiger partial charge in [0.1, 0.15) is 6.04 Å². The molecule has 0 unspecified atom stereocenters. The highest BCUT2D eigenvalue weighted by molar-refractivity contribution is 7.99. The lowest BCUT2D eigenvalue weighted by atomic mass is 10.1. The van der Waals surface area contributed by atoms with Crippen molar-refractivity contribution >= 4 is 40.9 Å². The molecule has 21 heavy (non-hydrogen) atoms. The molecule has 0 aliphatic carbocycles. The van der Waals surface area contributed by atoms with Crippen molar-refractivity contribution in [1.82, 2.24) is 10.2 Å². The van der Waals surface area contributed by atoms with Crippen LogP contribution in [0.15, 0.2) is 17.5 Å². The number of thiophene rings is 1. The van der Waals surface area contributed by atoms with Crippen molar-refractivity contribution in [1.29, 1.82) is 0 Å². The lowest BCUT2D eigenvalue weighted by molar-refractivity contribution is -0.139. The highest BCUT2D eigenvalue weighted by Gasteiger charge is 2.34. The second-order valence-corrected chi connectivity index (χ2v) is 6.66. The summed E-state index contributed by atoms with van der Waals surface area (Å²) in [6.07, 6.45) is -0.174. The van der Waals surface area contributed by atoms with E-state index in [1.54, 1.807) is 6.07 Å². The summed E-state index contributed by atoms with van der Waals surface area (Å²) in [4.78, 5) is 37.1. The van der Waals surface area contributed by atoms with Crippen molar-refractivity contribution in [2.24, 2.45) is 0 Å². The SMILES string of the molecule is CC(=O)N1CSC[C@H]1C(=O)N[C@H](CC(=O)O)c1cccs1. The van der Waals surface area contributed by atoms with Gasteiger partial charge in [0, 0.05) is 17.6 Å². The van der Waals surface area contributed by atoms with Crippen molar-refractivity contribution in [3.8, 4) is 0 Å². The van der Waals surface area contributed by atoms with Gasteiger partial charge in [-0.3, -0.25) is 14.4 Å². The number of carboxylic acid groups (broad SMARTS) is 1. The van der Waals surface area contributed by atoms with Gasteiger partial charge in [-0.25, -0.2) is 0 Å². The highest BCUT2D eigenvalue weighted by atomic mass is 32.2. The summed E-state index contributed by atoms with van der Waals surface area (Å²) in [5.41, 5.74) is 0. The Kier molecular flexibility index (Phi) is 5.24. The summed E-state index contributed by atoms with van der Waals surface area (Å²) < 4.78 is 0. The third kappa shape index (κ3) is 3.98. The van der Waals surface area contributed by atoms with E-state index in [4.69, 9.17) is 5.11 Å². The Morgan fingerprint density at radius 2 is 2.29 bits per heavy atom. The number of carbonyl (C=O) groups excluding carboxylic acids is 2. The molecule has 2 N–H and O–H groups in total. The predicted molar refractivity (Wildman–Crippen MR) is 81.1 cm³/mol. The van der Waals surface area contributed by atoms with Gasteiger partial charge in [0.25, 0.3) is 0 Å². The average molecular weight is 328 g/mol. The zero-order chi connectivity index (χ0) is 15.4. The molecule has 0 bridgehead atoms. The van der Waals surface area contributed by atoms with Gasteiger partial charge in [-0.2, -0.15) is 0 Å². The molecule has 2 heterocycles. The minimum absolute atomic E-state index is 0.147. The van der Waals surface area contributed by atoms with Gasteiger partial charge in [0.05, 0.1) is 18.3 Å². The molecule has 1 aliphatic rings. The Balaban J connectivity index is 2.07. The third-order valence-corrected chi connectivity index (χ3v) is 5.17. The number of rotatable bonds is 5. The standard InChI is InChI=1S/C13H16N2O4S2/c1-8(16)15-7-20-6-10(15)13(19)14-9(5-12(17)18)11-3-2-4-21-11/h2-4,9-10H,5-7H2,1H3,(H,14,19)(H,17,18)/t9-,10+/m1/s1. The van der Waals surface area contributed by atoms with Crippen LogP contribution in [0.2, 0.25) is 0 Å². The minimum atomic E-state index is -0.974. The fraction of sp³-hybridized carbons (Fsp3) is 0.462. The quantitative estimate of drug-likeness (QED) is 0.851. The van der Waals surface area contributed by atoms with E-state index in [2.05, 4.69) is 5.32 Å². The zero-order valence-corrected chi connectivity index (χ0v) is 13.1. The van der Waals surface area contributed by atoms with Crippen molar-refractivity contribution < 1.29 is 19.5 Å². The van der Waals surface area contributed by atoms with E-state index in [1.807, 2.05) is 11.4 Å². The van der Waals surface area contributed by atoms with Crippen molar-refractivity contribution in [3.63, 3.8) is 0 Å². The van der Waals surface area contributed by atoms with Crippen LogP contribution in [0.1, 0.15) is 24.3 Å². The summed E-state index contributed by atoms with van der Waals surface area (Å²) in [5.74, 6) is -0.384. The zero-order valence-electron chi connectivity index (χ0n) is 11.4. The van der Waals surface area contributed by atoms with Crippen molar-refractivity contribution in [2.75, 3.05) is 11.6 Å². The Labute approximate surface area is 130 Å². The summed E-state index contributed by atoms with van der Waals surface area (Å²) >= 11 is 2.92. The smallest absolute Gasteiger partial charge is 0.305 e. The minimum Gasteiger partial charge on any atom is -0.481 e. The molecule has 1 aromatic rings. The van der Waals surface area contributed by atoms with Crippen LogP contribution < -0.4 is 5.32 Å². The fourth-order valence-electron chi connectivity index (χ4n) is 2.13. The Hall–Kier alpha value is -1.54. The molecule has 1 aromatic heterocycles. The predicted octanol–water partition coefficient (Wildman–Crippen LogP) is 1.30. The first kappa shape index (κ1) is 15.8.